The molecule has 1 aliphatic rings. The Balaban J connectivity index is 1.80. The molecule has 1 fully saturated rings. The highest BCUT2D eigenvalue weighted by Gasteiger charge is 2.27. The molecule has 2 heterocycles. The summed E-state index contributed by atoms with van der Waals surface area (Å²) < 4.78 is 30.2. The van der Waals surface area contributed by atoms with E-state index in [0.29, 0.717) is 6.54 Å². The van der Waals surface area contributed by atoms with Crippen LogP contribution in [0.3, 0.4) is 0 Å². The lowest BCUT2D eigenvalue weighted by Gasteiger charge is -2.38. The van der Waals surface area contributed by atoms with Gasteiger partial charge in [-0.3, -0.25) is 4.90 Å². The molecule has 6 nitrogen and oxygen atoms in total. The Bertz CT molecular complexity index is 844. The molecule has 142 valence electrons. The minimum absolute atomic E-state index is 0.0269. The van der Waals surface area contributed by atoms with Gasteiger partial charge >= 0.3 is 0 Å². The molecule has 0 aliphatic carbocycles. The van der Waals surface area contributed by atoms with Gasteiger partial charge in [0.15, 0.2) is 0 Å². The quantitative estimate of drug-likeness (QED) is 0.810. The Morgan fingerprint density at radius 2 is 1.77 bits per heavy atom. The molecule has 1 aromatic heterocycles. The van der Waals surface area contributed by atoms with Crippen molar-refractivity contribution in [1.29, 1.82) is 0 Å². The van der Waals surface area contributed by atoms with Crippen LogP contribution in [0.1, 0.15) is 11.7 Å². The van der Waals surface area contributed by atoms with E-state index in [2.05, 4.69) is 21.6 Å². The van der Waals surface area contributed by atoms with Gasteiger partial charge in [0, 0.05) is 51.7 Å². The minimum atomic E-state index is -3.67. The molecule has 8 heteroatoms. The number of likely N-dealkylation sites (N-methyl/N-ethyl adjacent to an activating group) is 1. The Kier molecular flexibility index (Phi) is 6.04. The largest absolute Gasteiger partial charge is 0.353 e. The SMILES string of the molecule is CN1CCN([C@@H](CNS(=O)(=O)c2ccccc2Cl)c2cccn2C)CC1. The third kappa shape index (κ3) is 4.29. The first kappa shape index (κ1) is 19.4. The molecule has 0 bridgehead atoms. The molecule has 0 unspecified atom stereocenters. The van der Waals surface area contributed by atoms with Crippen LogP contribution >= 0.6 is 11.6 Å². The number of aromatic nitrogens is 1. The third-order valence-electron chi connectivity index (χ3n) is 4.90. The summed E-state index contributed by atoms with van der Waals surface area (Å²) >= 11 is 6.07. The van der Waals surface area contributed by atoms with Gasteiger partial charge < -0.3 is 9.47 Å². The molecule has 26 heavy (non-hydrogen) atoms. The Morgan fingerprint density at radius 3 is 2.38 bits per heavy atom. The van der Waals surface area contributed by atoms with Gasteiger partial charge in [0.05, 0.1) is 11.1 Å². The van der Waals surface area contributed by atoms with E-state index in [1.165, 1.54) is 6.07 Å². The van der Waals surface area contributed by atoms with E-state index < -0.39 is 10.0 Å². The van der Waals surface area contributed by atoms with Crippen LogP contribution in [-0.4, -0.2) is 62.6 Å². The number of benzene rings is 1. The molecule has 2 aromatic rings. The Morgan fingerprint density at radius 1 is 1.08 bits per heavy atom. The summed E-state index contributed by atoms with van der Waals surface area (Å²) in [6.07, 6.45) is 1.99. The van der Waals surface area contributed by atoms with Crippen LogP contribution in [0.15, 0.2) is 47.5 Å². The van der Waals surface area contributed by atoms with Crippen molar-refractivity contribution in [3.63, 3.8) is 0 Å². The molecule has 0 saturated carbocycles. The van der Waals surface area contributed by atoms with Gasteiger partial charge in [-0.05, 0) is 31.3 Å². The minimum Gasteiger partial charge on any atom is -0.353 e. The highest BCUT2D eigenvalue weighted by atomic mass is 35.5. The molecule has 1 N–H and O–H groups in total. The van der Waals surface area contributed by atoms with Crippen molar-refractivity contribution in [3.05, 3.63) is 53.3 Å². The smallest absolute Gasteiger partial charge is 0.242 e. The fraction of sp³-hybridized carbons (Fsp3) is 0.444. The number of halogens is 1. The zero-order chi connectivity index (χ0) is 18.7. The second kappa shape index (κ2) is 8.10. The Labute approximate surface area is 160 Å². The maximum atomic E-state index is 12.7. The highest BCUT2D eigenvalue weighted by Crippen LogP contribution is 2.24. The summed E-state index contributed by atoms with van der Waals surface area (Å²) in [5.74, 6) is 0. The number of rotatable bonds is 6. The average Bonchev–Trinajstić information content (AvgIpc) is 3.03. The number of aryl methyl sites for hydroxylation is 1. The fourth-order valence-corrected chi connectivity index (χ4v) is 4.86. The third-order valence-corrected chi connectivity index (χ3v) is 6.82. The van der Waals surface area contributed by atoms with E-state index >= 15 is 0 Å². The van der Waals surface area contributed by atoms with Gasteiger partial charge in [-0.25, -0.2) is 13.1 Å². The van der Waals surface area contributed by atoms with E-state index in [0.717, 1.165) is 31.9 Å². The maximum absolute atomic E-state index is 12.7. The summed E-state index contributed by atoms with van der Waals surface area (Å²) in [7, 11) is 0.426. The molecule has 0 amide bonds. The van der Waals surface area contributed by atoms with Crippen LogP contribution in [0.5, 0.6) is 0 Å². The first-order valence-electron chi connectivity index (χ1n) is 8.66. The average molecular weight is 397 g/mol. The molecule has 0 spiro atoms. The Hall–Kier alpha value is -1.38. The predicted molar refractivity (Wildman–Crippen MR) is 104 cm³/mol. The van der Waals surface area contributed by atoms with E-state index in [9.17, 15) is 8.42 Å². The molecular weight excluding hydrogens is 372 g/mol. The zero-order valence-electron chi connectivity index (χ0n) is 15.1. The molecule has 3 rings (SSSR count). The second-order valence-electron chi connectivity index (χ2n) is 6.68. The van der Waals surface area contributed by atoms with Crippen LogP contribution in [0.4, 0.5) is 0 Å². The van der Waals surface area contributed by atoms with Crippen LogP contribution in [0.2, 0.25) is 5.02 Å². The van der Waals surface area contributed by atoms with Crippen LogP contribution in [-0.2, 0) is 17.1 Å². The fourth-order valence-electron chi connectivity index (χ4n) is 3.30. The molecule has 1 aliphatic heterocycles. The van der Waals surface area contributed by atoms with Crippen LogP contribution in [0, 0.1) is 0 Å². The molecule has 1 atom stereocenters. The van der Waals surface area contributed by atoms with Crippen molar-refractivity contribution in [1.82, 2.24) is 19.1 Å². The lowest BCUT2D eigenvalue weighted by atomic mass is 10.1. The summed E-state index contributed by atoms with van der Waals surface area (Å²) in [4.78, 5) is 4.74. The van der Waals surface area contributed by atoms with E-state index in [1.807, 2.05) is 29.9 Å². The number of nitrogens with one attached hydrogen (secondary N) is 1. The van der Waals surface area contributed by atoms with Crippen LogP contribution in [0.25, 0.3) is 0 Å². The van der Waals surface area contributed by atoms with Gasteiger partial charge in [-0.15, -0.1) is 0 Å². The van der Waals surface area contributed by atoms with Crippen LogP contribution < -0.4 is 4.72 Å². The van der Waals surface area contributed by atoms with Crippen molar-refractivity contribution in [3.8, 4) is 0 Å². The zero-order valence-corrected chi connectivity index (χ0v) is 16.7. The van der Waals surface area contributed by atoms with Gasteiger partial charge in [0.1, 0.15) is 4.90 Å². The highest BCUT2D eigenvalue weighted by molar-refractivity contribution is 7.89. The normalized spacial score (nSPS) is 18.1. The lowest BCUT2D eigenvalue weighted by molar-refractivity contribution is 0.109. The molecule has 1 aromatic carbocycles. The molecule has 1 saturated heterocycles. The second-order valence-corrected chi connectivity index (χ2v) is 8.82. The van der Waals surface area contributed by atoms with Gasteiger partial charge in [-0.2, -0.15) is 0 Å². The number of sulfonamides is 1. The van der Waals surface area contributed by atoms with E-state index in [-0.39, 0.29) is 16.0 Å². The summed E-state index contributed by atoms with van der Waals surface area (Å²) in [6, 6.07) is 10.5. The van der Waals surface area contributed by atoms with E-state index in [1.54, 1.807) is 18.2 Å². The van der Waals surface area contributed by atoms with Crippen molar-refractivity contribution >= 4 is 21.6 Å². The number of nitrogens with zero attached hydrogens (tertiary/aromatic N) is 3. The summed E-state index contributed by atoms with van der Waals surface area (Å²) in [5.41, 5.74) is 1.09. The van der Waals surface area contributed by atoms with Gasteiger partial charge in [0.25, 0.3) is 0 Å². The monoisotopic (exact) mass is 396 g/mol. The van der Waals surface area contributed by atoms with Gasteiger partial charge in [0.2, 0.25) is 10.0 Å². The molecular formula is C18H25ClN4O2S. The first-order chi connectivity index (χ1) is 12.4. The number of hydrogen-bond donors (Lipinski definition) is 1. The van der Waals surface area contributed by atoms with Crippen molar-refractivity contribution in [2.45, 2.75) is 10.9 Å². The summed E-state index contributed by atoms with van der Waals surface area (Å²) in [5, 5.41) is 0.231. The van der Waals surface area contributed by atoms with Crippen molar-refractivity contribution in [2.75, 3.05) is 39.8 Å². The van der Waals surface area contributed by atoms with E-state index in [4.69, 9.17) is 11.6 Å². The predicted octanol–water partition coefficient (Wildman–Crippen LogP) is 1.95. The number of piperazine rings is 1. The topological polar surface area (TPSA) is 57.6 Å². The first-order valence-corrected chi connectivity index (χ1v) is 10.5. The van der Waals surface area contributed by atoms with Gasteiger partial charge in [-0.1, -0.05) is 23.7 Å². The molecule has 0 radical (unpaired) electrons. The van der Waals surface area contributed by atoms with Crippen molar-refractivity contribution in [2.24, 2.45) is 7.05 Å². The number of hydrogen-bond acceptors (Lipinski definition) is 4. The standard InChI is InChI=1S/C18H25ClN4O2S/c1-21-10-12-23(13-11-21)17(16-7-5-9-22(16)2)14-20-26(24,25)18-8-4-3-6-15(18)19/h3-9,17,20H,10-14H2,1-2H3/t17-/m0/s1. The maximum Gasteiger partial charge on any atom is 0.242 e. The summed E-state index contributed by atoms with van der Waals surface area (Å²) in [6.45, 7) is 4.05. The van der Waals surface area contributed by atoms with Crippen molar-refractivity contribution < 1.29 is 8.42 Å². The lowest BCUT2D eigenvalue weighted by Crippen LogP contribution is -2.48.